The third kappa shape index (κ3) is 3.99. The monoisotopic (exact) mass is 481 g/mol. The van der Waals surface area contributed by atoms with Crippen molar-refractivity contribution in [2.45, 2.75) is 56.7 Å². The van der Waals surface area contributed by atoms with Crippen molar-refractivity contribution < 1.29 is 17.9 Å². The van der Waals surface area contributed by atoms with E-state index in [0.29, 0.717) is 11.7 Å². The maximum atomic E-state index is 13.3. The second kappa shape index (κ2) is 8.74. The van der Waals surface area contributed by atoms with Crippen LogP contribution in [0.4, 0.5) is 0 Å². The lowest BCUT2D eigenvalue weighted by Gasteiger charge is -2.34. The molecule has 2 aliphatic heterocycles. The molecule has 1 amide bonds. The predicted molar refractivity (Wildman–Crippen MR) is 132 cm³/mol. The standard InChI is InChI=1S/C26H31N3O4S/c1-18(2)27-13-11-21(12-14-27)33-22-9-10-24-20(15-22)16-25-26(30)28(17-19(3)29(24)25)34(31,32)23-7-5-4-6-8-23/h4-10,15-16,18-19,21H,11-14,17H2,1-3H3/t19-/m1/s1. The van der Waals surface area contributed by atoms with Crippen LogP contribution in [0.15, 0.2) is 59.5 Å². The zero-order valence-electron chi connectivity index (χ0n) is 19.8. The summed E-state index contributed by atoms with van der Waals surface area (Å²) in [5, 5.41) is 0.881. The third-order valence-corrected chi connectivity index (χ3v) is 8.73. The van der Waals surface area contributed by atoms with E-state index < -0.39 is 15.9 Å². The first-order chi connectivity index (χ1) is 16.3. The highest BCUT2D eigenvalue weighted by Crippen LogP contribution is 2.34. The molecule has 1 aromatic heterocycles. The van der Waals surface area contributed by atoms with Crippen LogP contribution in [0.25, 0.3) is 10.9 Å². The quantitative estimate of drug-likeness (QED) is 0.543. The lowest BCUT2D eigenvalue weighted by molar-refractivity contribution is 0.0807. The van der Waals surface area contributed by atoms with Crippen molar-refractivity contribution in [2.24, 2.45) is 0 Å². The molecule has 5 rings (SSSR count). The number of aromatic nitrogens is 1. The first-order valence-corrected chi connectivity index (χ1v) is 13.4. The van der Waals surface area contributed by atoms with Crippen LogP contribution in [-0.2, 0) is 10.0 Å². The Morgan fingerprint density at radius 3 is 2.38 bits per heavy atom. The van der Waals surface area contributed by atoms with Gasteiger partial charge >= 0.3 is 0 Å². The lowest BCUT2D eigenvalue weighted by Crippen LogP contribution is -2.45. The van der Waals surface area contributed by atoms with Crippen LogP contribution < -0.4 is 4.74 Å². The Morgan fingerprint density at radius 2 is 1.71 bits per heavy atom. The lowest BCUT2D eigenvalue weighted by atomic mass is 10.1. The molecule has 0 N–H and O–H groups in total. The van der Waals surface area contributed by atoms with E-state index >= 15 is 0 Å². The Morgan fingerprint density at radius 1 is 1.00 bits per heavy atom. The molecule has 0 bridgehead atoms. The van der Waals surface area contributed by atoms with Gasteiger partial charge in [-0.15, -0.1) is 0 Å². The molecule has 1 fully saturated rings. The summed E-state index contributed by atoms with van der Waals surface area (Å²) in [5.41, 5.74) is 1.30. The minimum Gasteiger partial charge on any atom is -0.490 e. The molecule has 3 heterocycles. The molecule has 0 unspecified atom stereocenters. The van der Waals surface area contributed by atoms with Crippen molar-refractivity contribution in [1.82, 2.24) is 13.8 Å². The molecular formula is C26H31N3O4S. The van der Waals surface area contributed by atoms with E-state index in [2.05, 4.69) is 18.7 Å². The summed E-state index contributed by atoms with van der Waals surface area (Å²) in [6.45, 7) is 8.54. The maximum Gasteiger partial charge on any atom is 0.284 e. The van der Waals surface area contributed by atoms with E-state index in [1.165, 1.54) is 12.1 Å². The third-order valence-electron chi connectivity index (χ3n) is 6.97. The molecule has 1 saturated heterocycles. The second-order valence-corrected chi connectivity index (χ2v) is 11.4. The number of rotatable bonds is 5. The molecule has 1 atom stereocenters. The Hall–Kier alpha value is -2.84. The van der Waals surface area contributed by atoms with Gasteiger partial charge in [-0.25, -0.2) is 12.7 Å². The van der Waals surface area contributed by atoms with Crippen LogP contribution in [-0.4, -0.2) is 59.9 Å². The van der Waals surface area contributed by atoms with E-state index in [-0.39, 0.29) is 23.6 Å². The number of hydrogen-bond donors (Lipinski definition) is 0. The number of fused-ring (bicyclic) bond motifs is 3. The summed E-state index contributed by atoms with van der Waals surface area (Å²) in [5.74, 6) is 0.286. The number of carbonyl (C=O) groups excluding carboxylic acids is 1. The molecule has 0 aliphatic carbocycles. The van der Waals surface area contributed by atoms with Crippen molar-refractivity contribution in [1.29, 1.82) is 0 Å². The Labute approximate surface area is 201 Å². The van der Waals surface area contributed by atoms with E-state index in [1.54, 1.807) is 24.3 Å². The van der Waals surface area contributed by atoms with Gasteiger partial charge in [0.1, 0.15) is 17.5 Å². The van der Waals surface area contributed by atoms with Crippen LogP contribution in [0, 0.1) is 0 Å². The molecule has 0 spiro atoms. The van der Waals surface area contributed by atoms with E-state index in [1.807, 2.05) is 29.7 Å². The summed E-state index contributed by atoms with van der Waals surface area (Å²) in [7, 11) is -3.92. The number of likely N-dealkylation sites (tertiary alicyclic amines) is 1. The summed E-state index contributed by atoms with van der Waals surface area (Å²) in [6, 6.07) is 16.2. The molecule has 8 heteroatoms. The van der Waals surface area contributed by atoms with Crippen LogP contribution in [0.3, 0.4) is 0 Å². The minimum absolute atomic E-state index is 0.0967. The molecule has 0 saturated carbocycles. The number of hydrogen-bond acceptors (Lipinski definition) is 5. The molecule has 3 aromatic rings. The number of benzene rings is 2. The molecule has 180 valence electrons. The normalized spacial score (nSPS) is 20.2. The number of sulfonamides is 1. The topological polar surface area (TPSA) is 71.8 Å². The number of piperidine rings is 1. The molecule has 2 aliphatic rings. The van der Waals surface area contributed by atoms with Gasteiger partial charge in [0.2, 0.25) is 0 Å². The van der Waals surface area contributed by atoms with Crippen molar-refractivity contribution in [3.05, 3.63) is 60.3 Å². The van der Waals surface area contributed by atoms with Crippen molar-refractivity contribution in [3.8, 4) is 5.75 Å². The summed E-state index contributed by atoms with van der Waals surface area (Å²) in [6.07, 6.45) is 2.16. The average molecular weight is 482 g/mol. The highest BCUT2D eigenvalue weighted by Gasteiger charge is 2.38. The van der Waals surface area contributed by atoms with Crippen molar-refractivity contribution >= 4 is 26.8 Å². The van der Waals surface area contributed by atoms with Crippen molar-refractivity contribution in [2.75, 3.05) is 19.6 Å². The molecule has 7 nitrogen and oxygen atoms in total. The number of carbonyl (C=O) groups is 1. The predicted octanol–water partition coefficient (Wildman–Crippen LogP) is 4.30. The second-order valence-electron chi connectivity index (χ2n) is 9.57. The van der Waals surface area contributed by atoms with Gasteiger partial charge in [-0.2, -0.15) is 0 Å². The van der Waals surface area contributed by atoms with Crippen LogP contribution in [0.2, 0.25) is 0 Å². The minimum atomic E-state index is -3.92. The van der Waals surface area contributed by atoms with Gasteiger partial charge in [0.25, 0.3) is 15.9 Å². The van der Waals surface area contributed by atoms with Gasteiger partial charge in [-0.1, -0.05) is 18.2 Å². The summed E-state index contributed by atoms with van der Waals surface area (Å²) in [4.78, 5) is 15.9. The number of ether oxygens (including phenoxy) is 1. The highest BCUT2D eigenvalue weighted by atomic mass is 32.2. The molecule has 2 aromatic carbocycles. The smallest absolute Gasteiger partial charge is 0.284 e. The highest BCUT2D eigenvalue weighted by molar-refractivity contribution is 7.89. The van der Waals surface area contributed by atoms with Gasteiger partial charge < -0.3 is 14.2 Å². The largest absolute Gasteiger partial charge is 0.490 e. The van der Waals surface area contributed by atoms with Crippen molar-refractivity contribution in [3.63, 3.8) is 0 Å². The zero-order chi connectivity index (χ0) is 24.0. The fraction of sp³-hybridized carbons (Fsp3) is 0.423. The first-order valence-electron chi connectivity index (χ1n) is 11.9. The van der Waals surface area contributed by atoms with E-state index in [9.17, 15) is 13.2 Å². The van der Waals surface area contributed by atoms with Gasteiger partial charge in [0.05, 0.1) is 17.5 Å². The number of amides is 1. The fourth-order valence-corrected chi connectivity index (χ4v) is 6.57. The van der Waals surface area contributed by atoms with Gasteiger partial charge in [0, 0.05) is 30.0 Å². The molecule has 34 heavy (non-hydrogen) atoms. The molecule has 0 radical (unpaired) electrons. The summed E-state index contributed by atoms with van der Waals surface area (Å²) >= 11 is 0. The van der Waals surface area contributed by atoms with Gasteiger partial charge in [0.15, 0.2) is 0 Å². The van der Waals surface area contributed by atoms with Crippen LogP contribution in [0.1, 0.15) is 50.1 Å². The number of nitrogens with zero attached hydrogens (tertiary/aromatic N) is 3. The van der Waals surface area contributed by atoms with Gasteiger partial charge in [-0.05, 0) is 70.0 Å². The SMILES string of the molecule is CC(C)N1CCC(Oc2ccc3c(c2)cc2n3[C@H](C)CN(S(=O)(=O)c3ccccc3)C2=O)CC1. The molecular weight excluding hydrogens is 450 g/mol. The zero-order valence-corrected chi connectivity index (χ0v) is 20.7. The Bertz CT molecular complexity index is 1310. The summed E-state index contributed by atoms with van der Waals surface area (Å²) < 4.78 is 35.6. The van der Waals surface area contributed by atoms with Gasteiger partial charge in [-0.3, -0.25) is 4.79 Å². The average Bonchev–Trinajstić information content (AvgIpc) is 3.22. The first kappa shape index (κ1) is 22.9. The van der Waals surface area contributed by atoms with E-state index in [0.717, 1.165) is 46.9 Å². The Balaban J connectivity index is 1.41. The van der Waals surface area contributed by atoms with E-state index in [4.69, 9.17) is 4.74 Å². The fourth-order valence-electron chi connectivity index (χ4n) is 5.09. The Kier molecular flexibility index (Phi) is 5.90. The van der Waals surface area contributed by atoms with Crippen LogP contribution >= 0.6 is 0 Å². The van der Waals surface area contributed by atoms with Crippen LogP contribution in [0.5, 0.6) is 5.75 Å². The maximum absolute atomic E-state index is 13.3.